The van der Waals surface area contributed by atoms with Crippen molar-refractivity contribution in [3.05, 3.63) is 40.7 Å². The van der Waals surface area contributed by atoms with E-state index in [9.17, 15) is 19.6 Å². The van der Waals surface area contributed by atoms with Gasteiger partial charge in [0.1, 0.15) is 23.4 Å². The minimum absolute atomic E-state index is 0.0844. The minimum atomic E-state index is -0.429. The van der Waals surface area contributed by atoms with Crippen LogP contribution in [0.5, 0.6) is 0 Å². The molecule has 0 bridgehead atoms. The number of aryl methyl sites for hydroxylation is 1. The van der Waals surface area contributed by atoms with Gasteiger partial charge in [-0.3, -0.25) is 15.0 Å². The molecule has 3 amide bonds. The summed E-state index contributed by atoms with van der Waals surface area (Å²) < 4.78 is 10.5. The van der Waals surface area contributed by atoms with Crippen LogP contribution in [0.4, 0.5) is 26.9 Å². The largest absolute Gasteiger partial charge is 0.449 e. The van der Waals surface area contributed by atoms with E-state index in [1.807, 2.05) is 6.07 Å². The van der Waals surface area contributed by atoms with Crippen molar-refractivity contribution in [2.24, 2.45) is 0 Å². The number of hydrogen-bond acceptors (Lipinski definition) is 9. The summed E-state index contributed by atoms with van der Waals surface area (Å²) in [6.45, 7) is 2.97. The van der Waals surface area contributed by atoms with Gasteiger partial charge in [0.2, 0.25) is 0 Å². The Kier molecular flexibility index (Phi) is 7.37. The molecule has 2 aromatic rings. The smallest absolute Gasteiger partial charge is 0.410 e. The number of aldehydes is 1. The van der Waals surface area contributed by atoms with E-state index < -0.39 is 12.1 Å². The summed E-state index contributed by atoms with van der Waals surface area (Å²) in [6.07, 6.45) is 4.76. The van der Waals surface area contributed by atoms with Crippen LogP contribution in [0.1, 0.15) is 46.4 Å². The maximum Gasteiger partial charge on any atom is 0.410 e. The van der Waals surface area contributed by atoms with Gasteiger partial charge in [-0.2, -0.15) is 5.26 Å². The molecule has 12 heteroatoms. The van der Waals surface area contributed by atoms with Crippen molar-refractivity contribution in [3.8, 4) is 6.07 Å². The van der Waals surface area contributed by atoms with Crippen LogP contribution in [0.3, 0.4) is 0 Å². The maximum absolute atomic E-state index is 13.3. The van der Waals surface area contributed by atoms with Gasteiger partial charge >= 0.3 is 12.1 Å². The van der Waals surface area contributed by atoms with E-state index in [2.05, 4.69) is 26.3 Å². The van der Waals surface area contributed by atoms with Crippen LogP contribution in [0.25, 0.3) is 0 Å². The summed E-state index contributed by atoms with van der Waals surface area (Å²) in [4.78, 5) is 51.2. The lowest BCUT2D eigenvalue weighted by Crippen LogP contribution is -2.40. The first-order valence-corrected chi connectivity index (χ1v) is 12.7. The molecular weight excluding hydrogens is 490 g/mol. The third kappa shape index (κ3) is 5.10. The maximum atomic E-state index is 13.3. The van der Waals surface area contributed by atoms with E-state index in [4.69, 9.17) is 9.47 Å². The molecule has 3 aliphatic rings. The number of hydrogen-bond donors (Lipinski definition) is 1. The second-order valence-corrected chi connectivity index (χ2v) is 9.50. The number of ether oxygens (including phenoxy) is 2. The standard InChI is InChI=1S/C26H29N7O5/c1-37-20-5-8-31(15-20)22-11-23(28-13-19(22)12-27)30-25(35)33-7-2-4-17-10-18(21(16-34)29-24(17)33)14-32-6-3-9-38-26(32)36/h10-11,13,16,20H,2-9,14-15H2,1H3,(H,28,30,35)/t20-/m1/s1. The number of amides is 3. The molecule has 198 valence electrons. The molecule has 1 atom stereocenters. The molecular formula is C26H29N7O5. The van der Waals surface area contributed by atoms with E-state index in [1.54, 1.807) is 18.1 Å². The number of carbonyl (C=O) groups is 3. The van der Waals surface area contributed by atoms with Crippen LogP contribution < -0.4 is 15.1 Å². The number of nitrogens with one attached hydrogen (secondary N) is 1. The van der Waals surface area contributed by atoms with Crippen molar-refractivity contribution in [2.45, 2.75) is 38.3 Å². The van der Waals surface area contributed by atoms with E-state index in [0.717, 1.165) is 24.9 Å². The van der Waals surface area contributed by atoms with Crippen LogP contribution >= 0.6 is 0 Å². The molecule has 1 N–H and O–H groups in total. The number of cyclic esters (lactones) is 1. The van der Waals surface area contributed by atoms with Crippen molar-refractivity contribution in [3.63, 3.8) is 0 Å². The van der Waals surface area contributed by atoms with Crippen molar-refractivity contribution in [2.75, 3.05) is 55.0 Å². The Bertz CT molecular complexity index is 1290. The molecule has 5 heterocycles. The molecule has 12 nitrogen and oxygen atoms in total. The summed E-state index contributed by atoms with van der Waals surface area (Å²) >= 11 is 0. The SMILES string of the molecule is CO[C@@H]1CCN(c2cc(NC(=O)N3CCCc4cc(CN5CCCOC5=O)c(C=O)nc43)ncc2C#N)C1. The fourth-order valence-electron chi connectivity index (χ4n) is 5.11. The van der Waals surface area contributed by atoms with Crippen LogP contribution in [-0.2, 0) is 22.4 Å². The highest BCUT2D eigenvalue weighted by Crippen LogP contribution is 2.30. The van der Waals surface area contributed by atoms with Gasteiger partial charge < -0.3 is 19.3 Å². The molecule has 0 aromatic carbocycles. The van der Waals surface area contributed by atoms with E-state index in [1.165, 1.54) is 11.1 Å². The Balaban J connectivity index is 1.36. The fraction of sp³-hybridized carbons (Fsp3) is 0.462. The number of methoxy groups -OCH3 is 1. The number of nitrogens with zero attached hydrogens (tertiary/aromatic N) is 6. The highest BCUT2D eigenvalue weighted by Gasteiger charge is 2.29. The minimum Gasteiger partial charge on any atom is -0.449 e. The average Bonchev–Trinajstić information content (AvgIpc) is 3.43. The van der Waals surface area contributed by atoms with Gasteiger partial charge in [-0.25, -0.2) is 19.6 Å². The lowest BCUT2D eigenvalue weighted by atomic mass is 10.0. The monoisotopic (exact) mass is 519 g/mol. The van der Waals surface area contributed by atoms with E-state index >= 15 is 0 Å². The Labute approximate surface area is 220 Å². The zero-order valence-corrected chi connectivity index (χ0v) is 21.2. The summed E-state index contributed by atoms with van der Waals surface area (Å²) in [5, 5.41) is 12.4. The number of anilines is 3. The summed E-state index contributed by atoms with van der Waals surface area (Å²) in [7, 11) is 1.67. The van der Waals surface area contributed by atoms with Crippen molar-refractivity contribution in [1.29, 1.82) is 5.26 Å². The van der Waals surface area contributed by atoms with Crippen molar-refractivity contribution < 1.29 is 23.9 Å². The number of pyridine rings is 2. The van der Waals surface area contributed by atoms with Crippen LogP contribution in [0, 0.1) is 11.3 Å². The van der Waals surface area contributed by atoms with E-state index in [-0.39, 0.29) is 18.3 Å². The summed E-state index contributed by atoms with van der Waals surface area (Å²) in [6, 6.07) is 5.29. The molecule has 0 saturated carbocycles. The number of carbonyl (C=O) groups excluding carboxylic acids is 3. The lowest BCUT2D eigenvalue weighted by molar-refractivity contribution is 0.0698. The van der Waals surface area contributed by atoms with Crippen molar-refractivity contribution >= 4 is 35.7 Å². The first-order chi connectivity index (χ1) is 18.5. The number of fused-ring (bicyclic) bond motifs is 1. The first kappa shape index (κ1) is 25.4. The van der Waals surface area contributed by atoms with Gasteiger partial charge in [0.15, 0.2) is 6.29 Å². The van der Waals surface area contributed by atoms with Gasteiger partial charge in [0.05, 0.1) is 30.5 Å². The Hall–Kier alpha value is -4.24. The molecule has 2 saturated heterocycles. The predicted molar refractivity (Wildman–Crippen MR) is 137 cm³/mol. The second kappa shape index (κ2) is 11.0. The van der Waals surface area contributed by atoms with Gasteiger partial charge in [-0.05, 0) is 37.3 Å². The molecule has 2 aromatic heterocycles. The zero-order chi connectivity index (χ0) is 26.6. The highest BCUT2D eigenvalue weighted by atomic mass is 16.6. The Morgan fingerprint density at radius 2 is 2.18 bits per heavy atom. The van der Waals surface area contributed by atoms with Crippen LogP contribution in [0.2, 0.25) is 0 Å². The summed E-state index contributed by atoms with van der Waals surface area (Å²) in [5.41, 5.74) is 2.75. The molecule has 0 unspecified atom stereocenters. The molecule has 3 aliphatic heterocycles. The van der Waals surface area contributed by atoms with Crippen LogP contribution in [-0.4, -0.2) is 79.3 Å². The number of nitriles is 1. The Morgan fingerprint density at radius 3 is 2.92 bits per heavy atom. The second-order valence-electron chi connectivity index (χ2n) is 9.50. The van der Waals surface area contributed by atoms with Crippen molar-refractivity contribution in [1.82, 2.24) is 14.9 Å². The Morgan fingerprint density at radius 1 is 1.32 bits per heavy atom. The number of urea groups is 1. The lowest BCUT2D eigenvalue weighted by Gasteiger charge is -2.30. The normalized spacial score (nSPS) is 19.0. The molecule has 2 fully saturated rings. The average molecular weight is 520 g/mol. The van der Waals surface area contributed by atoms with Gasteiger partial charge in [0.25, 0.3) is 0 Å². The molecule has 0 spiro atoms. The van der Waals surface area contributed by atoms with Crippen LogP contribution in [0.15, 0.2) is 18.3 Å². The quantitative estimate of drug-likeness (QED) is 0.570. The molecule has 0 radical (unpaired) electrons. The fourth-order valence-corrected chi connectivity index (χ4v) is 5.11. The molecule has 0 aliphatic carbocycles. The van der Waals surface area contributed by atoms with Gasteiger partial charge in [-0.1, -0.05) is 0 Å². The third-order valence-corrected chi connectivity index (χ3v) is 7.11. The summed E-state index contributed by atoms with van der Waals surface area (Å²) in [5.74, 6) is 0.727. The first-order valence-electron chi connectivity index (χ1n) is 12.7. The molecule has 38 heavy (non-hydrogen) atoms. The highest BCUT2D eigenvalue weighted by molar-refractivity contribution is 6.02. The topological polar surface area (TPSA) is 141 Å². The third-order valence-electron chi connectivity index (χ3n) is 7.11. The number of aromatic nitrogens is 2. The predicted octanol–water partition coefficient (Wildman–Crippen LogP) is 2.71. The zero-order valence-electron chi connectivity index (χ0n) is 21.2. The number of rotatable bonds is 6. The van der Waals surface area contributed by atoms with E-state index in [0.29, 0.717) is 73.8 Å². The van der Waals surface area contributed by atoms with Gasteiger partial charge in [0, 0.05) is 51.1 Å². The molecule has 5 rings (SSSR count). The van der Waals surface area contributed by atoms with Gasteiger partial charge in [-0.15, -0.1) is 0 Å².